The Morgan fingerprint density at radius 2 is 1.81 bits per heavy atom. The molecule has 1 aromatic rings. The lowest BCUT2D eigenvalue weighted by Crippen LogP contribution is -2.21. The minimum Gasteiger partial charge on any atom is -0.354 e. The van der Waals surface area contributed by atoms with Crippen molar-refractivity contribution >= 4 is 29.2 Å². The Labute approximate surface area is 105 Å². The molecule has 1 aromatic heterocycles. The number of anilines is 1. The van der Waals surface area contributed by atoms with Crippen molar-refractivity contribution < 1.29 is 0 Å². The first kappa shape index (κ1) is 13.4. The summed E-state index contributed by atoms with van der Waals surface area (Å²) in [5.74, 6) is 0.421. The van der Waals surface area contributed by atoms with Gasteiger partial charge in [0, 0.05) is 6.54 Å². The third kappa shape index (κ3) is 4.92. The molecule has 0 fully saturated rings. The number of aromatic nitrogens is 3. The molecule has 0 radical (unpaired) electrons. The van der Waals surface area contributed by atoms with Crippen molar-refractivity contribution in [3.05, 3.63) is 10.6 Å². The molecule has 0 spiro atoms. The largest absolute Gasteiger partial charge is 0.354 e. The van der Waals surface area contributed by atoms with Crippen LogP contribution in [-0.2, 0) is 0 Å². The quantitative estimate of drug-likeness (QED) is 0.796. The Kier molecular flexibility index (Phi) is 5.73. The van der Waals surface area contributed by atoms with E-state index in [-0.39, 0.29) is 10.6 Å². The van der Waals surface area contributed by atoms with E-state index in [1.165, 1.54) is 0 Å². The molecule has 0 atom stereocenters. The molecule has 0 aliphatic heterocycles. The molecular formula is C9H15Cl2N5. The topological polar surface area (TPSA) is 53.9 Å². The monoisotopic (exact) mass is 263 g/mol. The van der Waals surface area contributed by atoms with Gasteiger partial charge in [0.15, 0.2) is 0 Å². The maximum atomic E-state index is 5.64. The van der Waals surface area contributed by atoms with Gasteiger partial charge in [0.1, 0.15) is 0 Å². The van der Waals surface area contributed by atoms with Gasteiger partial charge >= 0.3 is 0 Å². The number of hydrogen-bond donors (Lipinski definition) is 1. The molecule has 90 valence electrons. The van der Waals surface area contributed by atoms with E-state index in [0.29, 0.717) is 5.95 Å². The molecule has 0 bridgehead atoms. The fourth-order valence-corrected chi connectivity index (χ4v) is 1.48. The van der Waals surface area contributed by atoms with Crippen LogP contribution >= 0.6 is 23.2 Å². The first-order valence-corrected chi connectivity index (χ1v) is 5.87. The second-order valence-electron chi connectivity index (χ2n) is 3.37. The Balaban J connectivity index is 2.32. The van der Waals surface area contributed by atoms with E-state index in [1.807, 2.05) is 0 Å². The van der Waals surface area contributed by atoms with Gasteiger partial charge in [-0.25, -0.2) is 0 Å². The molecule has 1 rings (SSSR count). The summed E-state index contributed by atoms with van der Waals surface area (Å²) in [4.78, 5) is 13.7. The molecule has 0 unspecified atom stereocenters. The summed E-state index contributed by atoms with van der Waals surface area (Å²) in [6, 6.07) is 0. The second kappa shape index (κ2) is 6.83. The predicted octanol–water partition coefficient (Wildman–Crippen LogP) is 1.93. The van der Waals surface area contributed by atoms with Crippen molar-refractivity contribution in [2.45, 2.75) is 13.3 Å². The van der Waals surface area contributed by atoms with E-state index >= 15 is 0 Å². The summed E-state index contributed by atoms with van der Waals surface area (Å²) >= 11 is 11.3. The molecule has 0 saturated carbocycles. The minimum absolute atomic E-state index is 0.105. The minimum atomic E-state index is 0.105. The van der Waals surface area contributed by atoms with Crippen LogP contribution in [0, 0.1) is 0 Å². The third-order valence-electron chi connectivity index (χ3n) is 2.12. The Bertz CT molecular complexity index is 313. The highest BCUT2D eigenvalue weighted by Gasteiger charge is 2.02. The summed E-state index contributed by atoms with van der Waals surface area (Å²) in [6.07, 6.45) is 1.01. The van der Waals surface area contributed by atoms with Crippen molar-refractivity contribution in [2.24, 2.45) is 0 Å². The average molecular weight is 264 g/mol. The fourth-order valence-electron chi connectivity index (χ4n) is 1.11. The van der Waals surface area contributed by atoms with Crippen molar-refractivity contribution in [3.8, 4) is 0 Å². The zero-order valence-electron chi connectivity index (χ0n) is 9.37. The van der Waals surface area contributed by atoms with Gasteiger partial charge in [0.05, 0.1) is 0 Å². The van der Waals surface area contributed by atoms with E-state index in [2.05, 4.69) is 39.1 Å². The molecule has 1 heterocycles. The van der Waals surface area contributed by atoms with E-state index in [1.54, 1.807) is 0 Å². The molecule has 0 amide bonds. The lowest BCUT2D eigenvalue weighted by Gasteiger charge is -2.13. The van der Waals surface area contributed by atoms with Crippen LogP contribution in [0.4, 0.5) is 5.95 Å². The van der Waals surface area contributed by atoms with Crippen LogP contribution in [0.2, 0.25) is 10.6 Å². The smallest absolute Gasteiger partial charge is 0.228 e. The van der Waals surface area contributed by atoms with Gasteiger partial charge in [0.2, 0.25) is 16.5 Å². The van der Waals surface area contributed by atoms with E-state index in [4.69, 9.17) is 23.2 Å². The number of nitrogens with one attached hydrogen (secondary N) is 1. The third-order valence-corrected chi connectivity index (χ3v) is 2.46. The van der Waals surface area contributed by atoms with Crippen LogP contribution in [0.5, 0.6) is 0 Å². The Morgan fingerprint density at radius 1 is 1.19 bits per heavy atom. The Morgan fingerprint density at radius 3 is 2.38 bits per heavy atom. The molecule has 5 nitrogen and oxygen atoms in total. The molecule has 0 aliphatic rings. The van der Waals surface area contributed by atoms with Crippen LogP contribution in [-0.4, -0.2) is 46.5 Å². The molecule has 0 aromatic carbocycles. The molecular weight excluding hydrogens is 249 g/mol. The Hall–Kier alpha value is -0.650. The number of rotatable bonds is 6. The molecule has 16 heavy (non-hydrogen) atoms. The zero-order valence-corrected chi connectivity index (χ0v) is 10.9. The lowest BCUT2D eigenvalue weighted by atomic mass is 10.4. The summed E-state index contributed by atoms with van der Waals surface area (Å²) < 4.78 is 0. The van der Waals surface area contributed by atoms with Crippen LogP contribution in [0.25, 0.3) is 0 Å². The van der Waals surface area contributed by atoms with Gasteiger partial charge in [-0.1, -0.05) is 6.92 Å². The molecule has 0 aliphatic carbocycles. The van der Waals surface area contributed by atoms with Gasteiger partial charge in [-0.05, 0) is 49.8 Å². The van der Waals surface area contributed by atoms with Gasteiger partial charge in [-0.15, -0.1) is 0 Å². The van der Waals surface area contributed by atoms with Crippen molar-refractivity contribution in [3.63, 3.8) is 0 Å². The fraction of sp³-hybridized carbons (Fsp3) is 0.667. The second-order valence-corrected chi connectivity index (χ2v) is 4.05. The van der Waals surface area contributed by atoms with Crippen molar-refractivity contribution in [1.82, 2.24) is 19.9 Å². The van der Waals surface area contributed by atoms with Crippen LogP contribution in [0.1, 0.15) is 13.3 Å². The van der Waals surface area contributed by atoms with Gasteiger partial charge < -0.3 is 10.2 Å². The lowest BCUT2D eigenvalue weighted by molar-refractivity contribution is 0.351. The predicted molar refractivity (Wildman–Crippen MR) is 66.1 cm³/mol. The summed E-state index contributed by atoms with van der Waals surface area (Å²) in [5.41, 5.74) is 0. The van der Waals surface area contributed by atoms with Crippen molar-refractivity contribution in [1.29, 1.82) is 0 Å². The van der Waals surface area contributed by atoms with Crippen molar-refractivity contribution in [2.75, 3.05) is 32.0 Å². The van der Waals surface area contributed by atoms with Gasteiger partial charge in [-0.3, -0.25) is 0 Å². The number of halogens is 2. The highest BCUT2D eigenvalue weighted by atomic mass is 35.5. The zero-order chi connectivity index (χ0) is 12.0. The first-order valence-electron chi connectivity index (χ1n) is 5.11. The van der Waals surface area contributed by atoms with E-state index in [0.717, 1.165) is 26.1 Å². The number of nitrogens with zero attached hydrogens (tertiary/aromatic N) is 4. The van der Waals surface area contributed by atoms with Crippen LogP contribution in [0.3, 0.4) is 0 Å². The molecule has 1 N–H and O–H groups in total. The normalized spacial score (nSPS) is 10.8. The summed E-state index contributed by atoms with van der Waals surface area (Å²) in [5, 5.41) is 3.26. The van der Waals surface area contributed by atoms with E-state index in [9.17, 15) is 0 Å². The highest BCUT2D eigenvalue weighted by Crippen LogP contribution is 2.09. The van der Waals surface area contributed by atoms with E-state index < -0.39 is 0 Å². The maximum absolute atomic E-state index is 5.64. The number of hydrogen-bond acceptors (Lipinski definition) is 5. The highest BCUT2D eigenvalue weighted by molar-refractivity contribution is 6.31. The van der Waals surface area contributed by atoms with Gasteiger partial charge in [0.25, 0.3) is 0 Å². The summed E-state index contributed by atoms with van der Waals surface area (Å²) in [7, 11) is 2.08. The average Bonchev–Trinajstić information content (AvgIpc) is 2.22. The molecule has 7 heteroatoms. The standard InChI is InChI=1S/C9H15Cl2N5/c1-3-16(2)6-4-5-12-9-14-7(10)13-8(11)15-9/h3-6H2,1-2H3,(H,12,13,14,15). The van der Waals surface area contributed by atoms with Crippen LogP contribution in [0.15, 0.2) is 0 Å². The van der Waals surface area contributed by atoms with Gasteiger partial charge in [-0.2, -0.15) is 15.0 Å². The van der Waals surface area contributed by atoms with Crippen LogP contribution < -0.4 is 5.32 Å². The molecule has 0 saturated heterocycles. The maximum Gasteiger partial charge on any atom is 0.228 e. The SMILES string of the molecule is CCN(C)CCCNc1nc(Cl)nc(Cl)n1. The summed E-state index contributed by atoms with van der Waals surface area (Å²) in [6.45, 7) is 4.97. The first-order chi connectivity index (χ1) is 7.61.